The van der Waals surface area contributed by atoms with Crippen molar-refractivity contribution in [3.05, 3.63) is 29.3 Å². The molecule has 122 valence electrons. The summed E-state index contributed by atoms with van der Waals surface area (Å²) in [5.74, 6) is 1.82. The van der Waals surface area contributed by atoms with Crippen LogP contribution in [0.3, 0.4) is 0 Å². The minimum absolute atomic E-state index is 0.687. The molecule has 1 aliphatic heterocycles. The first-order chi connectivity index (χ1) is 10.7. The largest absolute Gasteiger partial charge is 0.493 e. The van der Waals surface area contributed by atoms with Gasteiger partial charge in [-0.3, -0.25) is 0 Å². The van der Waals surface area contributed by atoms with Crippen molar-refractivity contribution in [3.63, 3.8) is 0 Å². The number of aryl methyl sites for hydroxylation is 2. The number of fused-ring (bicyclic) bond motifs is 1. The number of hydrogen-bond donors (Lipinski definition) is 0. The predicted octanol–water partition coefficient (Wildman–Crippen LogP) is 4.45. The highest BCUT2D eigenvalue weighted by atomic mass is 16.5. The molecule has 0 radical (unpaired) electrons. The zero-order valence-corrected chi connectivity index (χ0v) is 14.3. The molecule has 1 aromatic rings. The summed E-state index contributed by atoms with van der Waals surface area (Å²) in [5.41, 5.74) is 3.08. The number of piperidine rings is 1. The third-order valence-electron chi connectivity index (χ3n) is 5.44. The summed E-state index contributed by atoms with van der Waals surface area (Å²) in [5, 5.41) is 0. The van der Waals surface area contributed by atoms with E-state index in [2.05, 4.69) is 36.9 Å². The molecule has 0 atom stereocenters. The van der Waals surface area contributed by atoms with Crippen LogP contribution in [-0.4, -0.2) is 30.6 Å². The van der Waals surface area contributed by atoms with E-state index in [1.165, 1.54) is 63.6 Å². The quantitative estimate of drug-likeness (QED) is 0.762. The zero-order valence-electron chi connectivity index (χ0n) is 14.3. The van der Waals surface area contributed by atoms with Crippen LogP contribution in [0, 0.1) is 5.92 Å². The average molecular weight is 301 g/mol. The topological polar surface area (TPSA) is 12.5 Å². The van der Waals surface area contributed by atoms with Gasteiger partial charge in [-0.25, -0.2) is 0 Å². The van der Waals surface area contributed by atoms with Gasteiger partial charge in [0.1, 0.15) is 5.75 Å². The van der Waals surface area contributed by atoms with E-state index >= 15 is 0 Å². The molecule has 0 unspecified atom stereocenters. The Kier molecular flexibility index (Phi) is 5.41. The first-order valence-corrected chi connectivity index (χ1v) is 9.21. The van der Waals surface area contributed by atoms with Gasteiger partial charge in [-0.1, -0.05) is 12.5 Å². The molecule has 3 rings (SSSR count). The first-order valence-electron chi connectivity index (χ1n) is 9.21. The summed E-state index contributed by atoms with van der Waals surface area (Å²) in [4.78, 5) is 2.58. The predicted molar refractivity (Wildman–Crippen MR) is 92.6 cm³/mol. The van der Waals surface area contributed by atoms with Gasteiger partial charge in [-0.05, 0) is 94.6 Å². The van der Waals surface area contributed by atoms with Gasteiger partial charge in [0.15, 0.2) is 0 Å². The molecule has 0 aromatic heterocycles. The van der Waals surface area contributed by atoms with Crippen molar-refractivity contribution in [3.8, 4) is 5.75 Å². The molecule has 1 aliphatic carbocycles. The second-order valence-corrected chi connectivity index (χ2v) is 7.38. The Hall–Kier alpha value is -1.02. The van der Waals surface area contributed by atoms with E-state index in [1.807, 2.05) is 0 Å². The number of rotatable bonds is 4. The lowest BCUT2D eigenvalue weighted by Gasteiger charge is -2.34. The second-order valence-electron chi connectivity index (χ2n) is 7.38. The van der Waals surface area contributed by atoms with E-state index < -0.39 is 0 Å². The van der Waals surface area contributed by atoms with E-state index in [-0.39, 0.29) is 0 Å². The van der Waals surface area contributed by atoms with E-state index in [1.54, 1.807) is 5.56 Å². The number of hydrogen-bond acceptors (Lipinski definition) is 2. The van der Waals surface area contributed by atoms with Crippen LogP contribution in [0.4, 0.5) is 0 Å². The van der Waals surface area contributed by atoms with E-state index in [9.17, 15) is 0 Å². The van der Waals surface area contributed by atoms with Crippen LogP contribution < -0.4 is 4.74 Å². The third-order valence-corrected chi connectivity index (χ3v) is 5.44. The number of likely N-dealkylation sites (tertiary alicyclic amines) is 1. The van der Waals surface area contributed by atoms with E-state index in [0.717, 1.165) is 18.3 Å². The first kappa shape index (κ1) is 15.9. The lowest BCUT2D eigenvalue weighted by molar-refractivity contribution is 0.119. The van der Waals surface area contributed by atoms with Crippen LogP contribution in [-0.2, 0) is 12.8 Å². The highest BCUT2D eigenvalue weighted by Crippen LogP contribution is 2.26. The normalized spacial score (nSPS) is 20.7. The molecule has 1 aromatic carbocycles. The van der Waals surface area contributed by atoms with Crippen molar-refractivity contribution < 1.29 is 4.74 Å². The number of benzene rings is 1. The second kappa shape index (κ2) is 7.50. The van der Waals surface area contributed by atoms with Crippen molar-refractivity contribution in [2.45, 2.75) is 64.8 Å². The van der Waals surface area contributed by atoms with Crippen LogP contribution in [0.15, 0.2) is 18.2 Å². The molecule has 0 bridgehead atoms. The maximum atomic E-state index is 6.13. The molecule has 2 aliphatic rings. The minimum Gasteiger partial charge on any atom is -0.493 e. The molecule has 1 heterocycles. The van der Waals surface area contributed by atoms with Crippen LogP contribution >= 0.6 is 0 Å². The molecule has 2 heteroatoms. The van der Waals surface area contributed by atoms with Crippen LogP contribution in [0.2, 0.25) is 0 Å². The van der Waals surface area contributed by atoms with Gasteiger partial charge in [-0.15, -0.1) is 0 Å². The third kappa shape index (κ3) is 4.04. The highest BCUT2D eigenvalue weighted by Gasteiger charge is 2.21. The molecule has 1 saturated heterocycles. The fourth-order valence-electron chi connectivity index (χ4n) is 3.83. The Morgan fingerprint density at radius 3 is 2.50 bits per heavy atom. The Morgan fingerprint density at radius 2 is 1.77 bits per heavy atom. The molecule has 1 fully saturated rings. The fraction of sp³-hybridized carbons (Fsp3) is 0.700. The summed E-state index contributed by atoms with van der Waals surface area (Å²) in [6, 6.07) is 7.49. The fourth-order valence-corrected chi connectivity index (χ4v) is 3.83. The maximum Gasteiger partial charge on any atom is 0.119 e. The lowest BCUT2D eigenvalue weighted by Crippen LogP contribution is -2.39. The van der Waals surface area contributed by atoms with Gasteiger partial charge in [0, 0.05) is 6.04 Å². The minimum atomic E-state index is 0.687. The summed E-state index contributed by atoms with van der Waals surface area (Å²) in [6.07, 6.45) is 9.11. The Bertz CT molecular complexity index is 475. The molecule has 22 heavy (non-hydrogen) atoms. The van der Waals surface area contributed by atoms with E-state index in [4.69, 9.17) is 4.74 Å². The van der Waals surface area contributed by atoms with Crippen molar-refractivity contribution >= 4 is 0 Å². The summed E-state index contributed by atoms with van der Waals surface area (Å²) in [6.45, 7) is 7.95. The Balaban J connectivity index is 1.51. The number of ether oxygens (including phenoxy) is 1. The average Bonchev–Trinajstić information content (AvgIpc) is 2.78. The summed E-state index contributed by atoms with van der Waals surface area (Å²) < 4.78 is 6.13. The van der Waals surface area contributed by atoms with Crippen LogP contribution in [0.1, 0.15) is 57.1 Å². The molecule has 0 N–H and O–H groups in total. The maximum absolute atomic E-state index is 6.13. The molecule has 0 amide bonds. The molecule has 2 nitrogen and oxygen atoms in total. The van der Waals surface area contributed by atoms with Gasteiger partial charge in [0.25, 0.3) is 0 Å². The lowest BCUT2D eigenvalue weighted by atomic mass is 9.97. The molecular formula is C20H31NO. The van der Waals surface area contributed by atoms with Crippen molar-refractivity contribution in [2.24, 2.45) is 5.92 Å². The monoisotopic (exact) mass is 301 g/mol. The van der Waals surface area contributed by atoms with Gasteiger partial charge in [-0.2, -0.15) is 0 Å². The van der Waals surface area contributed by atoms with Crippen molar-refractivity contribution in [1.29, 1.82) is 0 Å². The zero-order chi connectivity index (χ0) is 15.4. The van der Waals surface area contributed by atoms with Crippen molar-refractivity contribution in [2.75, 3.05) is 19.7 Å². The van der Waals surface area contributed by atoms with Crippen LogP contribution in [0.25, 0.3) is 0 Å². The summed E-state index contributed by atoms with van der Waals surface area (Å²) >= 11 is 0. The van der Waals surface area contributed by atoms with Gasteiger partial charge in [0.2, 0.25) is 0 Å². The van der Waals surface area contributed by atoms with Crippen LogP contribution in [0.5, 0.6) is 5.75 Å². The van der Waals surface area contributed by atoms with Gasteiger partial charge < -0.3 is 9.64 Å². The standard InChI is InChI=1S/C20H31NO/c1-16(2)21-12-10-17(11-13-21)15-22-20-9-8-18-6-4-3-5-7-19(18)14-20/h8-9,14,16-17H,3-7,10-13,15H2,1-2H3. The molecule has 0 spiro atoms. The molecule has 0 saturated carbocycles. The Labute approximate surface area is 135 Å². The van der Waals surface area contributed by atoms with E-state index in [0.29, 0.717) is 6.04 Å². The van der Waals surface area contributed by atoms with Gasteiger partial charge in [0.05, 0.1) is 6.61 Å². The highest BCUT2D eigenvalue weighted by molar-refractivity contribution is 5.36. The van der Waals surface area contributed by atoms with Gasteiger partial charge >= 0.3 is 0 Å². The summed E-state index contributed by atoms with van der Waals surface area (Å²) in [7, 11) is 0. The Morgan fingerprint density at radius 1 is 1.05 bits per heavy atom. The molecular weight excluding hydrogens is 270 g/mol. The smallest absolute Gasteiger partial charge is 0.119 e. The number of nitrogens with zero attached hydrogens (tertiary/aromatic N) is 1. The van der Waals surface area contributed by atoms with Crippen molar-refractivity contribution in [1.82, 2.24) is 4.90 Å². The SMILES string of the molecule is CC(C)N1CCC(COc2ccc3c(c2)CCCCC3)CC1.